The number of aromatic nitrogens is 2. The number of furan rings is 1. The second-order valence-electron chi connectivity index (χ2n) is 3.80. The molecule has 0 aliphatic rings. The summed E-state index contributed by atoms with van der Waals surface area (Å²) in [4.78, 5) is 20.0. The average molecular weight is 246 g/mol. The molecule has 6 heteroatoms. The van der Waals surface area contributed by atoms with Gasteiger partial charge in [-0.3, -0.25) is 14.8 Å². The molecule has 0 saturated carbocycles. The molecule has 0 unspecified atom stereocenters. The summed E-state index contributed by atoms with van der Waals surface area (Å²) in [6.45, 7) is 2.44. The van der Waals surface area contributed by atoms with Gasteiger partial charge in [-0.15, -0.1) is 0 Å². The van der Waals surface area contributed by atoms with Crippen LogP contribution in [0.4, 0.5) is 0 Å². The van der Waals surface area contributed by atoms with Crippen molar-refractivity contribution in [3.05, 3.63) is 47.4 Å². The molecule has 0 aliphatic carbocycles. The van der Waals surface area contributed by atoms with Crippen molar-refractivity contribution in [3.8, 4) is 0 Å². The van der Waals surface area contributed by atoms with E-state index in [9.17, 15) is 4.79 Å². The molecule has 2 aromatic rings. The molecule has 0 bridgehead atoms. The van der Waals surface area contributed by atoms with Gasteiger partial charge in [0.2, 0.25) is 0 Å². The van der Waals surface area contributed by atoms with E-state index in [0.29, 0.717) is 18.0 Å². The molecule has 2 heterocycles. The van der Waals surface area contributed by atoms with Crippen LogP contribution in [0.3, 0.4) is 0 Å². The monoisotopic (exact) mass is 246 g/mol. The van der Waals surface area contributed by atoms with Crippen molar-refractivity contribution in [2.24, 2.45) is 5.73 Å². The minimum atomic E-state index is -0.294. The maximum atomic E-state index is 11.7. The van der Waals surface area contributed by atoms with Gasteiger partial charge in [0.15, 0.2) is 5.76 Å². The van der Waals surface area contributed by atoms with E-state index in [1.54, 1.807) is 24.5 Å². The number of rotatable bonds is 4. The minimum absolute atomic E-state index is 0.246. The summed E-state index contributed by atoms with van der Waals surface area (Å²) in [5.41, 5.74) is 6.93. The molecule has 0 radical (unpaired) electrons. The van der Waals surface area contributed by atoms with Gasteiger partial charge in [-0.25, -0.2) is 0 Å². The lowest BCUT2D eigenvalue weighted by Gasteiger charge is -2.02. The summed E-state index contributed by atoms with van der Waals surface area (Å²) >= 11 is 0. The van der Waals surface area contributed by atoms with Crippen molar-refractivity contribution >= 4 is 5.91 Å². The van der Waals surface area contributed by atoms with Crippen LogP contribution < -0.4 is 11.1 Å². The topological polar surface area (TPSA) is 94.0 Å². The molecule has 18 heavy (non-hydrogen) atoms. The number of carbonyl (C=O) groups excluding carboxylic acids is 1. The lowest BCUT2D eigenvalue weighted by atomic mass is 10.3. The Kier molecular flexibility index (Phi) is 3.69. The number of nitrogens with one attached hydrogen (secondary N) is 1. The fourth-order valence-electron chi connectivity index (χ4n) is 1.38. The van der Waals surface area contributed by atoms with Crippen molar-refractivity contribution in [1.29, 1.82) is 0 Å². The Morgan fingerprint density at radius 3 is 2.83 bits per heavy atom. The van der Waals surface area contributed by atoms with Crippen molar-refractivity contribution in [1.82, 2.24) is 15.3 Å². The maximum Gasteiger partial charge on any atom is 0.287 e. The standard InChI is InChI=1S/C12H14N4O2/c1-8-5-15-9(6-14-8)7-16-12(17)11-3-2-10(4-13)18-11/h2-3,5-6H,4,7,13H2,1H3,(H,16,17). The first kappa shape index (κ1) is 12.3. The Morgan fingerprint density at radius 2 is 2.22 bits per heavy atom. The predicted molar refractivity (Wildman–Crippen MR) is 64.5 cm³/mol. The number of carbonyl (C=O) groups is 1. The van der Waals surface area contributed by atoms with E-state index in [-0.39, 0.29) is 18.2 Å². The van der Waals surface area contributed by atoms with Crippen molar-refractivity contribution in [3.63, 3.8) is 0 Å². The zero-order valence-electron chi connectivity index (χ0n) is 10.0. The number of nitrogens with zero attached hydrogens (tertiary/aromatic N) is 2. The molecule has 1 amide bonds. The lowest BCUT2D eigenvalue weighted by Crippen LogP contribution is -2.22. The van der Waals surface area contributed by atoms with E-state index in [0.717, 1.165) is 5.69 Å². The molecule has 94 valence electrons. The fraction of sp³-hybridized carbons (Fsp3) is 0.250. The van der Waals surface area contributed by atoms with Gasteiger partial charge >= 0.3 is 0 Å². The third-order valence-electron chi connectivity index (χ3n) is 2.35. The van der Waals surface area contributed by atoms with Gasteiger partial charge in [-0.2, -0.15) is 0 Å². The molecule has 3 N–H and O–H groups in total. The van der Waals surface area contributed by atoms with Gasteiger partial charge in [-0.05, 0) is 19.1 Å². The first-order valence-corrected chi connectivity index (χ1v) is 5.53. The van der Waals surface area contributed by atoms with Gasteiger partial charge < -0.3 is 15.5 Å². The summed E-state index contributed by atoms with van der Waals surface area (Å²) in [7, 11) is 0. The van der Waals surface area contributed by atoms with E-state index in [2.05, 4.69) is 15.3 Å². The van der Waals surface area contributed by atoms with Crippen LogP contribution >= 0.6 is 0 Å². The molecule has 0 aliphatic heterocycles. The molecular formula is C12H14N4O2. The zero-order valence-corrected chi connectivity index (χ0v) is 10.0. The zero-order chi connectivity index (χ0) is 13.0. The number of hydrogen-bond acceptors (Lipinski definition) is 5. The van der Waals surface area contributed by atoms with Crippen molar-refractivity contribution in [2.75, 3.05) is 0 Å². The largest absolute Gasteiger partial charge is 0.455 e. The van der Waals surface area contributed by atoms with Crippen LogP contribution in [0.25, 0.3) is 0 Å². The van der Waals surface area contributed by atoms with Crippen molar-refractivity contribution in [2.45, 2.75) is 20.0 Å². The number of nitrogens with two attached hydrogens (primary N) is 1. The highest BCUT2D eigenvalue weighted by atomic mass is 16.4. The summed E-state index contributed by atoms with van der Waals surface area (Å²) in [6, 6.07) is 3.28. The van der Waals surface area contributed by atoms with Gasteiger partial charge in [0.1, 0.15) is 5.76 Å². The fourth-order valence-corrected chi connectivity index (χ4v) is 1.38. The molecule has 6 nitrogen and oxygen atoms in total. The predicted octanol–water partition coefficient (Wildman–Crippen LogP) is 0.767. The van der Waals surface area contributed by atoms with E-state index in [1.807, 2.05) is 6.92 Å². The Balaban J connectivity index is 1.93. The van der Waals surface area contributed by atoms with Crippen LogP contribution in [0.2, 0.25) is 0 Å². The van der Waals surface area contributed by atoms with Crippen molar-refractivity contribution < 1.29 is 9.21 Å². The van der Waals surface area contributed by atoms with Gasteiger partial charge in [-0.1, -0.05) is 0 Å². The quantitative estimate of drug-likeness (QED) is 0.830. The number of amides is 1. The third kappa shape index (κ3) is 2.92. The Labute approximate surface area is 104 Å². The van der Waals surface area contributed by atoms with Crippen LogP contribution in [-0.2, 0) is 13.1 Å². The SMILES string of the molecule is Cc1cnc(CNC(=O)c2ccc(CN)o2)cn1. The first-order chi connectivity index (χ1) is 8.69. The second kappa shape index (κ2) is 5.42. The molecule has 0 saturated heterocycles. The van der Waals surface area contributed by atoms with Crippen LogP contribution in [0, 0.1) is 6.92 Å². The van der Waals surface area contributed by atoms with Gasteiger partial charge in [0.05, 0.1) is 30.7 Å². The van der Waals surface area contributed by atoms with Crippen LogP contribution in [0.1, 0.15) is 27.7 Å². The summed E-state index contributed by atoms with van der Waals surface area (Å²) in [6.07, 6.45) is 3.28. The molecule has 2 rings (SSSR count). The molecule has 0 spiro atoms. The highest BCUT2D eigenvalue weighted by Crippen LogP contribution is 2.07. The van der Waals surface area contributed by atoms with E-state index >= 15 is 0 Å². The average Bonchev–Trinajstić information content (AvgIpc) is 2.86. The Hall–Kier alpha value is -2.21. The molecule has 0 atom stereocenters. The normalized spacial score (nSPS) is 10.3. The number of hydrogen-bond donors (Lipinski definition) is 2. The Morgan fingerprint density at radius 1 is 1.39 bits per heavy atom. The molecule has 2 aromatic heterocycles. The van der Waals surface area contributed by atoms with E-state index in [4.69, 9.17) is 10.2 Å². The lowest BCUT2D eigenvalue weighted by molar-refractivity contribution is 0.0921. The Bertz CT molecular complexity index is 533. The van der Waals surface area contributed by atoms with Crippen LogP contribution in [-0.4, -0.2) is 15.9 Å². The second-order valence-corrected chi connectivity index (χ2v) is 3.80. The van der Waals surface area contributed by atoms with Crippen LogP contribution in [0.15, 0.2) is 28.9 Å². The minimum Gasteiger partial charge on any atom is -0.455 e. The first-order valence-electron chi connectivity index (χ1n) is 5.53. The summed E-state index contributed by atoms with van der Waals surface area (Å²) in [5, 5.41) is 2.70. The smallest absolute Gasteiger partial charge is 0.287 e. The van der Waals surface area contributed by atoms with Crippen LogP contribution in [0.5, 0.6) is 0 Å². The van der Waals surface area contributed by atoms with Gasteiger partial charge in [0.25, 0.3) is 5.91 Å². The summed E-state index contributed by atoms with van der Waals surface area (Å²) in [5.74, 6) is 0.530. The summed E-state index contributed by atoms with van der Waals surface area (Å²) < 4.78 is 5.23. The number of aryl methyl sites for hydroxylation is 1. The van der Waals surface area contributed by atoms with Gasteiger partial charge in [0, 0.05) is 6.20 Å². The maximum absolute atomic E-state index is 11.7. The highest BCUT2D eigenvalue weighted by Gasteiger charge is 2.10. The molecule has 0 fully saturated rings. The van der Waals surface area contributed by atoms with E-state index < -0.39 is 0 Å². The van der Waals surface area contributed by atoms with E-state index in [1.165, 1.54) is 0 Å². The molecular weight excluding hydrogens is 232 g/mol. The highest BCUT2D eigenvalue weighted by molar-refractivity contribution is 5.91. The third-order valence-corrected chi connectivity index (χ3v) is 2.35. The molecule has 0 aromatic carbocycles.